The van der Waals surface area contributed by atoms with E-state index in [1.807, 2.05) is 0 Å². The molecule has 2 aromatic rings. The lowest BCUT2D eigenvalue weighted by Gasteiger charge is -2.15. The Balaban J connectivity index is 2.23. The first kappa shape index (κ1) is 14.1. The molecule has 2 aromatic carbocycles. The summed E-state index contributed by atoms with van der Waals surface area (Å²) in [5, 5.41) is 9.27. The highest BCUT2D eigenvalue weighted by Gasteiger charge is 2.21. The molecule has 0 heterocycles. The summed E-state index contributed by atoms with van der Waals surface area (Å²) >= 11 is 6.63. The molecule has 1 atom stereocenters. The van der Waals surface area contributed by atoms with Crippen molar-refractivity contribution in [2.45, 2.75) is 6.10 Å². The van der Waals surface area contributed by atoms with Gasteiger partial charge in [-0.15, -0.1) is 0 Å². The summed E-state index contributed by atoms with van der Waals surface area (Å²) in [4.78, 5) is 11.3. The normalized spacial score (nSPS) is 11.9. The maximum atomic E-state index is 11.3. The Bertz CT molecular complexity index is 564. The zero-order valence-corrected chi connectivity index (χ0v) is 12.9. The highest BCUT2D eigenvalue weighted by atomic mass is 79.9. The minimum absolute atomic E-state index is 0.513. The Labute approximate surface area is 127 Å². The van der Waals surface area contributed by atoms with Crippen LogP contribution in [0.15, 0.2) is 57.5 Å². The Kier molecular flexibility index (Phi) is 4.61. The molecular formula is C14H10Br2O3. The van der Waals surface area contributed by atoms with Crippen LogP contribution in [0.25, 0.3) is 0 Å². The molecule has 0 amide bonds. The van der Waals surface area contributed by atoms with Crippen molar-refractivity contribution in [1.29, 1.82) is 0 Å². The molecule has 0 aliphatic heterocycles. The molecule has 0 aliphatic rings. The average Bonchev–Trinajstić information content (AvgIpc) is 2.39. The van der Waals surface area contributed by atoms with Crippen LogP contribution in [0.1, 0.15) is 11.7 Å². The third-order valence-electron chi connectivity index (χ3n) is 2.46. The quantitative estimate of drug-likeness (QED) is 0.847. The second kappa shape index (κ2) is 6.21. The second-order valence-corrected chi connectivity index (χ2v) is 5.67. The number of ether oxygens (including phenoxy) is 1. The summed E-state index contributed by atoms with van der Waals surface area (Å²) in [6.07, 6.45) is -1.02. The highest BCUT2D eigenvalue weighted by molar-refractivity contribution is 9.10. The largest absolute Gasteiger partial charge is 0.478 e. The summed E-state index contributed by atoms with van der Waals surface area (Å²) in [5.41, 5.74) is 0.596. The molecule has 0 spiro atoms. The molecule has 2 rings (SSSR count). The van der Waals surface area contributed by atoms with Crippen LogP contribution in [-0.4, -0.2) is 11.1 Å². The van der Waals surface area contributed by atoms with Crippen molar-refractivity contribution in [3.63, 3.8) is 0 Å². The molecule has 19 heavy (non-hydrogen) atoms. The molecule has 1 N–H and O–H groups in total. The second-order valence-electron chi connectivity index (χ2n) is 3.84. The molecule has 0 saturated heterocycles. The van der Waals surface area contributed by atoms with Crippen LogP contribution in [0.3, 0.4) is 0 Å². The smallest absolute Gasteiger partial charge is 0.349 e. The number of benzene rings is 2. The van der Waals surface area contributed by atoms with Gasteiger partial charge in [0.15, 0.2) is 0 Å². The maximum absolute atomic E-state index is 11.3. The van der Waals surface area contributed by atoms with Gasteiger partial charge in [0, 0.05) is 14.5 Å². The lowest BCUT2D eigenvalue weighted by Crippen LogP contribution is -2.18. The van der Waals surface area contributed by atoms with Crippen LogP contribution in [0.4, 0.5) is 0 Å². The summed E-state index contributed by atoms with van der Waals surface area (Å²) in [7, 11) is 0. The summed E-state index contributed by atoms with van der Waals surface area (Å²) in [5.74, 6) is -0.510. The Morgan fingerprint density at radius 1 is 0.947 bits per heavy atom. The summed E-state index contributed by atoms with van der Waals surface area (Å²) in [6, 6.07) is 14.1. The van der Waals surface area contributed by atoms with E-state index >= 15 is 0 Å². The number of hydrogen-bond acceptors (Lipinski definition) is 2. The molecule has 0 bridgehead atoms. The molecular weight excluding hydrogens is 376 g/mol. The highest BCUT2D eigenvalue weighted by Crippen LogP contribution is 2.25. The first-order chi connectivity index (χ1) is 9.06. The molecule has 0 fully saturated rings. The van der Waals surface area contributed by atoms with Crippen molar-refractivity contribution in [2.24, 2.45) is 0 Å². The monoisotopic (exact) mass is 384 g/mol. The van der Waals surface area contributed by atoms with Crippen molar-refractivity contribution in [3.05, 3.63) is 63.0 Å². The van der Waals surface area contributed by atoms with Crippen molar-refractivity contribution in [3.8, 4) is 5.75 Å². The average molecular weight is 386 g/mol. The Hall–Kier alpha value is -1.33. The minimum atomic E-state index is -1.02. The van der Waals surface area contributed by atoms with Gasteiger partial charge in [0.1, 0.15) is 5.75 Å². The van der Waals surface area contributed by atoms with E-state index in [4.69, 9.17) is 4.74 Å². The van der Waals surface area contributed by atoms with Gasteiger partial charge in [-0.3, -0.25) is 0 Å². The number of carbonyl (C=O) groups is 1. The number of hydrogen-bond donors (Lipinski definition) is 1. The number of halogens is 2. The topological polar surface area (TPSA) is 46.5 Å². The van der Waals surface area contributed by atoms with E-state index in [1.165, 1.54) is 0 Å². The molecule has 5 heteroatoms. The van der Waals surface area contributed by atoms with Crippen LogP contribution < -0.4 is 4.74 Å². The summed E-state index contributed by atoms with van der Waals surface area (Å²) in [6.45, 7) is 0. The van der Waals surface area contributed by atoms with Gasteiger partial charge < -0.3 is 9.84 Å². The van der Waals surface area contributed by atoms with E-state index < -0.39 is 12.1 Å². The first-order valence-corrected chi connectivity index (χ1v) is 7.05. The third kappa shape index (κ3) is 3.81. The fourth-order valence-electron chi connectivity index (χ4n) is 1.55. The number of carboxylic acid groups (broad SMARTS) is 1. The maximum Gasteiger partial charge on any atom is 0.349 e. The molecule has 3 nitrogen and oxygen atoms in total. The molecule has 0 aromatic heterocycles. The fourth-order valence-corrected chi connectivity index (χ4v) is 2.08. The zero-order valence-electron chi connectivity index (χ0n) is 9.72. The van der Waals surface area contributed by atoms with Gasteiger partial charge >= 0.3 is 5.97 Å². The van der Waals surface area contributed by atoms with Gasteiger partial charge in [0.25, 0.3) is 0 Å². The molecule has 98 valence electrons. The standard InChI is InChI=1S/C14H10Br2O3/c15-10-3-1-9(2-4-10)13(14(17)18)19-12-7-5-11(16)6-8-12/h1-8,13H,(H,17,18). The van der Waals surface area contributed by atoms with E-state index in [1.54, 1.807) is 48.5 Å². The van der Waals surface area contributed by atoms with Gasteiger partial charge in [-0.2, -0.15) is 0 Å². The molecule has 0 radical (unpaired) electrons. The number of carboxylic acids is 1. The van der Waals surface area contributed by atoms with Crippen LogP contribution in [0, 0.1) is 0 Å². The van der Waals surface area contributed by atoms with Gasteiger partial charge in [-0.05, 0) is 36.4 Å². The van der Waals surface area contributed by atoms with Crippen molar-refractivity contribution in [2.75, 3.05) is 0 Å². The van der Waals surface area contributed by atoms with E-state index in [0.717, 1.165) is 8.95 Å². The number of rotatable bonds is 4. The molecule has 0 saturated carbocycles. The Morgan fingerprint density at radius 2 is 1.42 bits per heavy atom. The lowest BCUT2D eigenvalue weighted by atomic mass is 10.1. The summed E-state index contributed by atoms with van der Waals surface area (Å²) < 4.78 is 7.33. The predicted octanol–water partition coefficient (Wildman–Crippen LogP) is 4.42. The van der Waals surface area contributed by atoms with E-state index in [0.29, 0.717) is 11.3 Å². The van der Waals surface area contributed by atoms with E-state index in [2.05, 4.69) is 31.9 Å². The van der Waals surface area contributed by atoms with Crippen molar-refractivity contribution >= 4 is 37.8 Å². The molecule has 0 aliphatic carbocycles. The first-order valence-electron chi connectivity index (χ1n) is 5.47. The van der Waals surface area contributed by atoms with Crippen LogP contribution in [-0.2, 0) is 4.79 Å². The predicted molar refractivity (Wildman–Crippen MR) is 79.3 cm³/mol. The number of aliphatic carboxylic acids is 1. The van der Waals surface area contributed by atoms with Crippen LogP contribution >= 0.6 is 31.9 Å². The van der Waals surface area contributed by atoms with Gasteiger partial charge in [-0.1, -0.05) is 44.0 Å². The van der Waals surface area contributed by atoms with Crippen LogP contribution in [0.2, 0.25) is 0 Å². The molecule has 1 unspecified atom stereocenters. The van der Waals surface area contributed by atoms with E-state index in [9.17, 15) is 9.90 Å². The van der Waals surface area contributed by atoms with E-state index in [-0.39, 0.29) is 0 Å². The SMILES string of the molecule is O=C(O)C(Oc1ccc(Br)cc1)c1ccc(Br)cc1. The Morgan fingerprint density at radius 3 is 1.89 bits per heavy atom. The van der Waals surface area contributed by atoms with Gasteiger partial charge in [0.2, 0.25) is 6.10 Å². The zero-order chi connectivity index (χ0) is 13.8. The van der Waals surface area contributed by atoms with Crippen LogP contribution in [0.5, 0.6) is 5.75 Å². The van der Waals surface area contributed by atoms with Crippen molar-refractivity contribution in [1.82, 2.24) is 0 Å². The van der Waals surface area contributed by atoms with Gasteiger partial charge in [-0.25, -0.2) is 4.79 Å². The third-order valence-corrected chi connectivity index (χ3v) is 3.52. The lowest BCUT2D eigenvalue weighted by molar-refractivity contribution is -0.145. The van der Waals surface area contributed by atoms with Crippen molar-refractivity contribution < 1.29 is 14.6 Å². The fraction of sp³-hybridized carbons (Fsp3) is 0.0714. The minimum Gasteiger partial charge on any atom is -0.478 e. The van der Waals surface area contributed by atoms with Gasteiger partial charge in [0.05, 0.1) is 0 Å².